The van der Waals surface area contributed by atoms with Gasteiger partial charge in [0.15, 0.2) is 11.0 Å². The molecule has 0 bridgehead atoms. The quantitative estimate of drug-likeness (QED) is 0.669. The number of benzene rings is 1. The third-order valence-corrected chi connectivity index (χ3v) is 2.97. The minimum atomic E-state index is 0.630. The second kappa shape index (κ2) is 3.84. The Balaban J connectivity index is 2.34. The molecule has 0 fully saturated rings. The molecule has 86 valence electrons. The van der Waals surface area contributed by atoms with Crippen molar-refractivity contribution >= 4 is 21.9 Å². The molecule has 17 heavy (non-hydrogen) atoms. The summed E-state index contributed by atoms with van der Waals surface area (Å²) in [4.78, 5) is 7.74. The van der Waals surface area contributed by atoms with Crippen LogP contribution in [-0.4, -0.2) is 9.97 Å². The standard InChI is InChI=1S/C14H15N3/c1-10(2)8-17-9-16-13-7-15-12-6-4-3-5-11(12)14(13)17/h3-7,9-10H,8H2,1-2H3/p+1. The van der Waals surface area contributed by atoms with Crippen LogP contribution in [0.1, 0.15) is 13.8 Å². The van der Waals surface area contributed by atoms with E-state index in [0.717, 1.165) is 17.6 Å². The predicted octanol–water partition coefficient (Wildman–Crippen LogP) is 2.66. The molecule has 0 spiro atoms. The van der Waals surface area contributed by atoms with Gasteiger partial charge in [-0.3, -0.25) is 4.98 Å². The van der Waals surface area contributed by atoms with E-state index in [9.17, 15) is 0 Å². The van der Waals surface area contributed by atoms with E-state index in [1.54, 1.807) is 0 Å². The second-order valence-electron chi connectivity index (χ2n) is 4.86. The summed E-state index contributed by atoms with van der Waals surface area (Å²) in [6, 6.07) is 8.29. The predicted molar refractivity (Wildman–Crippen MR) is 68.6 cm³/mol. The van der Waals surface area contributed by atoms with E-state index in [-0.39, 0.29) is 0 Å². The van der Waals surface area contributed by atoms with Crippen molar-refractivity contribution in [3.05, 3.63) is 36.8 Å². The van der Waals surface area contributed by atoms with Gasteiger partial charge in [-0.05, 0) is 18.1 Å². The van der Waals surface area contributed by atoms with E-state index in [1.807, 2.05) is 18.6 Å². The first-order valence-corrected chi connectivity index (χ1v) is 6.00. The number of hydrogen-bond acceptors (Lipinski definition) is 1. The minimum Gasteiger partial charge on any atom is -0.251 e. The number of hydrogen-bond donors (Lipinski definition) is 1. The molecule has 0 radical (unpaired) electrons. The average molecular weight is 226 g/mol. The Bertz CT molecular complexity index is 667. The van der Waals surface area contributed by atoms with E-state index in [1.165, 1.54) is 10.9 Å². The van der Waals surface area contributed by atoms with Gasteiger partial charge in [0.25, 0.3) is 0 Å². The van der Waals surface area contributed by atoms with Crippen molar-refractivity contribution in [3.8, 4) is 0 Å². The van der Waals surface area contributed by atoms with Gasteiger partial charge in [0, 0.05) is 0 Å². The Kier molecular flexibility index (Phi) is 2.32. The summed E-state index contributed by atoms with van der Waals surface area (Å²) in [6.07, 6.45) is 3.95. The summed E-state index contributed by atoms with van der Waals surface area (Å²) >= 11 is 0. The zero-order chi connectivity index (χ0) is 11.8. The van der Waals surface area contributed by atoms with E-state index >= 15 is 0 Å². The number of H-pyrrole nitrogens is 1. The molecule has 3 aromatic rings. The highest BCUT2D eigenvalue weighted by atomic mass is 15.0. The van der Waals surface area contributed by atoms with E-state index in [2.05, 4.69) is 46.6 Å². The maximum absolute atomic E-state index is 4.46. The van der Waals surface area contributed by atoms with Crippen LogP contribution in [0.2, 0.25) is 0 Å². The fourth-order valence-electron chi connectivity index (χ4n) is 2.29. The number of nitrogens with zero attached hydrogens (tertiary/aromatic N) is 2. The average Bonchev–Trinajstić information content (AvgIpc) is 2.72. The zero-order valence-electron chi connectivity index (χ0n) is 10.1. The van der Waals surface area contributed by atoms with Crippen molar-refractivity contribution < 1.29 is 4.57 Å². The van der Waals surface area contributed by atoms with Gasteiger partial charge in [-0.15, -0.1) is 0 Å². The Morgan fingerprint density at radius 3 is 2.94 bits per heavy atom. The highest BCUT2D eigenvalue weighted by Crippen LogP contribution is 2.19. The smallest absolute Gasteiger partial charge is 0.242 e. The molecule has 0 unspecified atom stereocenters. The van der Waals surface area contributed by atoms with Crippen molar-refractivity contribution in [1.82, 2.24) is 9.97 Å². The van der Waals surface area contributed by atoms with Crippen molar-refractivity contribution in [3.63, 3.8) is 0 Å². The number of fused-ring (bicyclic) bond motifs is 3. The molecular formula is C14H16N3+. The molecule has 3 rings (SSSR count). The fourth-order valence-corrected chi connectivity index (χ4v) is 2.29. The first-order valence-electron chi connectivity index (χ1n) is 6.00. The lowest BCUT2D eigenvalue weighted by molar-refractivity contribution is -0.676. The number of pyridine rings is 1. The van der Waals surface area contributed by atoms with Crippen LogP contribution in [0.3, 0.4) is 0 Å². The third kappa shape index (κ3) is 1.68. The van der Waals surface area contributed by atoms with Gasteiger partial charge >= 0.3 is 0 Å². The molecular weight excluding hydrogens is 210 g/mol. The van der Waals surface area contributed by atoms with Crippen molar-refractivity contribution in [2.24, 2.45) is 5.92 Å². The van der Waals surface area contributed by atoms with Gasteiger partial charge in [0.05, 0.1) is 23.6 Å². The maximum atomic E-state index is 4.46. The lowest BCUT2D eigenvalue weighted by Gasteiger charge is -2.02. The molecule has 0 aliphatic rings. The Hall–Kier alpha value is -1.90. The molecule has 0 aliphatic carbocycles. The first kappa shape index (κ1) is 10.3. The van der Waals surface area contributed by atoms with Crippen LogP contribution in [0.25, 0.3) is 21.9 Å². The van der Waals surface area contributed by atoms with Crippen LogP contribution in [0.5, 0.6) is 0 Å². The number of nitrogens with one attached hydrogen (secondary N) is 1. The number of aromatic nitrogens is 3. The van der Waals surface area contributed by atoms with Crippen LogP contribution in [0.15, 0.2) is 36.8 Å². The molecule has 3 heteroatoms. The normalized spacial score (nSPS) is 11.7. The Morgan fingerprint density at radius 1 is 1.29 bits per heavy atom. The molecule has 3 nitrogen and oxygen atoms in total. The van der Waals surface area contributed by atoms with Crippen LogP contribution in [0, 0.1) is 5.92 Å². The van der Waals surface area contributed by atoms with Gasteiger partial charge in [-0.2, -0.15) is 0 Å². The minimum absolute atomic E-state index is 0.630. The topological polar surface area (TPSA) is 32.6 Å². The summed E-state index contributed by atoms with van der Waals surface area (Å²) in [5.41, 5.74) is 3.41. The number of aromatic amines is 1. The summed E-state index contributed by atoms with van der Waals surface area (Å²) in [5.74, 6) is 0.630. The van der Waals surface area contributed by atoms with Crippen molar-refractivity contribution in [1.29, 1.82) is 0 Å². The molecule has 1 aromatic carbocycles. The van der Waals surface area contributed by atoms with E-state index in [0.29, 0.717) is 5.92 Å². The maximum Gasteiger partial charge on any atom is 0.242 e. The van der Waals surface area contributed by atoms with Gasteiger partial charge < -0.3 is 0 Å². The number of imidazole rings is 1. The number of rotatable bonds is 2. The third-order valence-electron chi connectivity index (χ3n) is 2.97. The monoisotopic (exact) mass is 226 g/mol. The van der Waals surface area contributed by atoms with Gasteiger partial charge in [-0.1, -0.05) is 26.0 Å². The summed E-state index contributed by atoms with van der Waals surface area (Å²) < 4.78 is 2.28. The van der Waals surface area contributed by atoms with E-state index < -0.39 is 0 Å². The Morgan fingerprint density at radius 2 is 2.12 bits per heavy atom. The molecule has 0 amide bonds. The molecule has 2 heterocycles. The summed E-state index contributed by atoms with van der Waals surface area (Å²) in [7, 11) is 0. The van der Waals surface area contributed by atoms with Crippen LogP contribution in [-0.2, 0) is 6.54 Å². The molecule has 0 saturated carbocycles. The molecule has 1 N–H and O–H groups in total. The molecule has 0 saturated heterocycles. The SMILES string of the molecule is CC(C)C[n+]1c[nH]c2cnc3ccccc3c21. The van der Waals surface area contributed by atoms with E-state index in [4.69, 9.17) is 0 Å². The zero-order valence-corrected chi connectivity index (χ0v) is 10.1. The van der Waals surface area contributed by atoms with Gasteiger partial charge in [0.2, 0.25) is 6.33 Å². The lowest BCUT2D eigenvalue weighted by Crippen LogP contribution is -2.34. The molecule has 0 aliphatic heterocycles. The van der Waals surface area contributed by atoms with Crippen LogP contribution >= 0.6 is 0 Å². The number of para-hydroxylation sites is 1. The molecule has 2 aromatic heterocycles. The fraction of sp³-hybridized carbons (Fsp3) is 0.286. The van der Waals surface area contributed by atoms with Gasteiger partial charge in [0.1, 0.15) is 0 Å². The highest BCUT2D eigenvalue weighted by molar-refractivity contribution is 5.99. The largest absolute Gasteiger partial charge is 0.251 e. The summed E-state index contributed by atoms with van der Waals surface area (Å²) in [5, 5.41) is 1.21. The second-order valence-corrected chi connectivity index (χ2v) is 4.86. The van der Waals surface area contributed by atoms with Crippen molar-refractivity contribution in [2.75, 3.05) is 0 Å². The van der Waals surface area contributed by atoms with Crippen LogP contribution in [0.4, 0.5) is 0 Å². The lowest BCUT2D eigenvalue weighted by atomic mass is 10.2. The van der Waals surface area contributed by atoms with Crippen LogP contribution < -0.4 is 4.57 Å². The first-order chi connectivity index (χ1) is 8.25. The Labute approximate surface area is 100 Å². The highest BCUT2D eigenvalue weighted by Gasteiger charge is 2.14. The van der Waals surface area contributed by atoms with Gasteiger partial charge in [-0.25, -0.2) is 9.55 Å². The summed E-state index contributed by atoms with van der Waals surface area (Å²) in [6.45, 7) is 5.48. The molecule has 0 atom stereocenters. The van der Waals surface area contributed by atoms with Crippen molar-refractivity contribution in [2.45, 2.75) is 20.4 Å².